The molecule has 0 heterocycles. The Morgan fingerprint density at radius 3 is 2.41 bits per heavy atom. The number of hydrogen-bond acceptors (Lipinski definition) is 3. The number of halogens is 1. The molecule has 5 heteroatoms. The van der Waals surface area contributed by atoms with Crippen LogP contribution in [0.2, 0.25) is 0 Å². The van der Waals surface area contributed by atoms with E-state index >= 15 is 0 Å². The van der Waals surface area contributed by atoms with E-state index in [9.17, 15) is 9.59 Å². The molecule has 2 aromatic rings. The maximum Gasteiger partial charge on any atom is 0.338 e. The summed E-state index contributed by atoms with van der Waals surface area (Å²) >= 11 is 2.11. The molecule has 0 aliphatic rings. The second kappa shape index (κ2) is 7.40. The molecular weight excluding hydrogens is 393 g/mol. The van der Waals surface area contributed by atoms with E-state index in [0.717, 1.165) is 14.7 Å². The first-order chi connectivity index (χ1) is 10.4. The Labute approximate surface area is 143 Å². The molecule has 22 heavy (non-hydrogen) atoms. The van der Waals surface area contributed by atoms with Crippen LogP contribution in [-0.2, 0) is 9.53 Å². The van der Waals surface area contributed by atoms with E-state index in [1.54, 1.807) is 18.2 Å². The molecule has 0 aromatic heterocycles. The van der Waals surface area contributed by atoms with Crippen LogP contribution in [0.4, 0.5) is 5.69 Å². The van der Waals surface area contributed by atoms with Crippen molar-refractivity contribution in [2.75, 3.05) is 11.9 Å². The van der Waals surface area contributed by atoms with E-state index in [1.807, 2.05) is 38.1 Å². The van der Waals surface area contributed by atoms with Gasteiger partial charge in [-0.2, -0.15) is 0 Å². The van der Waals surface area contributed by atoms with Crippen molar-refractivity contribution in [2.45, 2.75) is 13.8 Å². The third-order valence-corrected chi connectivity index (χ3v) is 3.57. The quantitative estimate of drug-likeness (QED) is 0.619. The number of hydrogen-bond donors (Lipinski definition) is 1. The average Bonchev–Trinajstić information content (AvgIpc) is 2.43. The monoisotopic (exact) mass is 409 g/mol. The lowest BCUT2D eigenvalue weighted by atomic mass is 10.1. The van der Waals surface area contributed by atoms with Gasteiger partial charge >= 0.3 is 5.97 Å². The van der Waals surface area contributed by atoms with E-state index in [0.29, 0.717) is 11.3 Å². The molecule has 2 rings (SSSR count). The van der Waals surface area contributed by atoms with Gasteiger partial charge in [0.25, 0.3) is 5.91 Å². The summed E-state index contributed by atoms with van der Waals surface area (Å²) < 4.78 is 5.96. The Morgan fingerprint density at radius 1 is 1.09 bits per heavy atom. The summed E-state index contributed by atoms with van der Waals surface area (Å²) in [6.45, 7) is 3.61. The van der Waals surface area contributed by atoms with Gasteiger partial charge in [0.1, 0.15) is 0 Å². The SMILES string of the molecule is Cc1cc(C)cc(NC(=O)COC(=O)c2cccc(I)c2)c1. The summed E-state index contributed by atoms with van der Waals surface area (Å²) in [5, 5.41) is 2.72. The van der Waals surface area contributed by atoms with Crippen LogP contribution in [0.1, 0.15) is 21.5 Å². The first kappa shape index (κ1) is 16.5. The number of ether oxygens (including phenoxy) is 1. The Hall–Kier alpha value is -1.89. The summed E-state index contributed by atoms with van der Waals surface area (Å²) in [4.78, 5) is 23.7. The molecule has 0 aliphatic carbocycles. The highest BCUT2D eigenvalue weighted by atomic mass is 127. The zero-order valence-electron chi connectivity index (χ0n) is 12.4. The van der Waals surface area contributed by atoms with Crippen molar-refractivity contribution >= 4 is 40.2 Å². The Morgan fingerprint density at radius 2 is 1.77 bits per heavy atom. The second-order valence-corrected chi connectivity index (χ2v) is 6.26. The number of carbonyl (C=O) groups excluding carboxylic acids is 2. The summed E-state index contributed by atoms with van der Waals surface area (Å²) in [5.41, 5.74) is 3.26. The lowest BCUT2D eigenvalue weighted by molar-refractivity contribution is -0.119. The smallest absolute Gasteiger partial charge is 0.338 e. The molecule has 1 amide bonds. The van der Waals surface area contributed by atoms with Gasteiger partial charge in [-0.3, -0.25) is 4.79 Å². The van der Waals surface area contributed by atoms with E-state index < -0.39 is 5.97 Å². The van der Waals surface area contributed by atoms with Crippen LogP contribution in [0.5, 0.6) is 0 Å². The van der Waals surface area contributed by atoms with Crippen molar-refractivity contribution in [3.8, 4) is 0 Å². The van der Waals surface area contributed by atoms with Gasteiger partial charge in [-0.1, -0.05) is 12.1 Å². The van der Waals surface area contributed by atoms with Crippen molar-refractivity contribution in [3.63, 3.8) is 0 Å². The zero-order valence-corrected chi connectivity index (χ0v) is 14.5. The number of anilines is 1. The van der Waals surface area contributed by atoms with Gasteiger partial charge in [0, 0.05) is 9.26 Å². The first-order valence-corrected chi connectivity index (χ1v) is 7.83. The lowest BCUT2D eigenvalue weighted by Crippen LogP contribution is -2.21. The molecule has 0 saturated heterocycles. The minimum Gasteiger partial charge on any atom is -0.452 e. The highest BCUT2D eigenvalue weighted by molar-refractivity contribution is 14.1. The van der Waals surface area contributed by atoms with Crippen LogP contribution in [0.3, 0.4) is 0 Å². The minimum atomic E-state index is -0.505. The molecular formula is C17H16INO3. The fourth-order valence-electron chi connectivity index (χ4n) is 2.07. The largest absolute Gasteiger partial charge is 0.452 e. The maximum absolute atomic E-state index is 11.9. The molecule has 114 valence electrons. The number of amides is 1. The molecule has 0 unspecified atom stereocenters. The number of nitrogens with one attached hydrogen (secondary N) is 1. The first-order valence-electron chi connectivity index (χ1n) is 6.75. The van der Waals surface area contributed by atoms with Gasteiger partial charge in [-0.25, -0.2) is 4.79 Å². The maximum atomic E-state index is 11.9. The van der Waals surface area contributed by atoms with Crippen LogP contribution in [0.25, 0.3) is 0 Å². The molecule has 0 bridgehead atoms. The van der Waals surface area contributed by atoms with Crippen molar-refractivity contribution in [3.05, 3.63) is 62.7 Å². The summed E-state index contributed by atoms with van der Waals surface area (Å²) in [6.07, 6.45) is 0. The molecule has 0 radical (unpaired) electrons. The Kier molecular flexibility index (Phi) is 5.54. The predicted octanol–water partition coefficient (Wildman–Crippen LogP) is 3.70. The number of carbonyl (C=O) groups is 2. The molecule has 0 fully saturated rings. The fourth-order valence-corrected chi connectivity index (χ4v) is 2.62. The second-order valence-electron chi connectivity index (χ2n) is 5.01. The summed E-state index contributed by atoms with van der Waals surface area (Å²) in [6, 6.07) is 12.8. The van der Waals surface area contributed by atoms with Crippen LogP contribution in [0, 0.1) is 17.4 Å². The summed E-state index contributed by atoms with van der Waals surface area (Å²) in [5.74, 6) is -0.863. The fraction of sp³-hybridized carbons (Fsp3) is 0.176. The topological polar surface area (TPSA) is 55.4 Å². The molecule has 2 aromatic carbocycles. The molecule has 0 atom stereocenters. The van der Waals surface area contributed by atoms with Gasteiger partial charge in [-0.15, -0.1) is 0 Å². The third kappa shape index (κ3) is 4.84. The van der Waals surface area contributed by atoms with Crippen molar-refractivity contribution in [1.82, 2.24) is 0 Å². The van der Waals surface area contributed by atoms with E-state index in [4.69, 9.17) is 4.74 Å². The number of esters is 1. The standard InChI is InChI=1S/C17H16INO3/c1-11-6-12(2)8-15(7-11)19-16(20)10-22-17(21)13-4-3-5-14(18)9-13/h3-9H,10H2,1-2H3,(H,19,20). The van der Waals surface area contributed by atoms with Crippen LogP contribution < -0.4 is 5.32 Å². The minimum absolute atomic E-state index is 0.308. The van der Waals surface area contributed by atoms with Gasteiger partial charge in [0.2, 0.25) is 0 Å². The van der Waals surface area contributed by atoms with Crippen LogP contribution in [-0.4, -0.2) is 18.5 Å². The van der Waals surface area contributed by atoms with E-state index in [-0.39, 0.29) is 12.5 Å². The average molecular weight is 409 g/mol. The molecule has 0 aliphatic heterocycles. The predicted molar refractivity (Wildman–Crippen MR) is 94.0 cm³/mol. The van der Waals surface area contributed by atoms with Crippen LogP contribution in [0.15, 0.2) is 42.5 Å². The van der Waals surface area contributed by atoms with Crippen LogP contribution >= 0.6 is 22.6 Å². The number of aryl methyl sites for hydroxylation is 2. The van der Waals surface area contributed by atoms with Gasteiger partial charge in [0.05, 0.1) is 5.56 Å². The molecule has 1 N–H and O–H groups in total. The highest BCUT2D eigenvalue weighted by Gasteiger charge is 2.10. The Bertz CT molecular complexity index is 693. The third-order valence-electron chi connectivity index (χ3n) is 2.90. The highest BCUT2D eigenvalue weighted by Crippen LogP contribution is 2.14. The number of rotatable bonds is 4. The van der Waals surface area contributed by atoms with Crippen molar-refractivity contribution < 1.29 is 14.3 Å². The normalized spacial score (nSPS) is 10.1. The van der Waals surface area contributed by atoms with E-state index in [2.05, 4.69) is 27.9 Å². The van der Waals surface area contributed by atoms with Gasteiger partial charge in [-0.05, 0) is 77.9 Å². The molecule has 0 saturated carbocycles. The summed E-state index contributed by atoms with van der Waals surface area (Å²) in [7, 11) is 0. The zero-order chi connectivity index (χ0) is 16.1. The van der Waals surface area contributed by atoms with Crippen molar-refractivity contribution in [1.29, 1.82) is 0 Å². The molecule has 4 nitrogen and oxygen atoms in total. The van der Waals surface area contributed by atoms with Gasteiger partial charge < -0.3 is 10.1 Å². The van der Waals surface area contributed by atoms with Gasteiger partial charge in [0.15, 0.2) is 6.61 Å². The van der Waals surface area contributed by atoms with Crippen molar-refractivity contribution in [2.24, 2.45) is 0 Å². The van der Waals surface area contributed by atoms with E-state index in [1.165, 1.54) is 0 Å². The molecule has 0 spiro atoms. The Balaban J connectivity index is 1.91. The number of benzene rings is 2. The lowest BCUT2D eigenvalue weighted by Gasteiger charge is -2.08.